The fraction of sp³-hybridized carbons (Fsp3) is 0.292. The summed E-state index contributed by atoms with van der Waals surface area (Å²) >= 11 is 0. The number of benzene rings is 1. The Morgan fingerprint density at radius 3 is 2.47 bits per heavy atom. The SMILES string of the molecule is CC(C)(O)c1ncc(C(=O)Nc2c(-c3ccccc3F)ccnc2N2CCC(F)(F)C2)cc1F. The van der Waals surface area contributed by atoms with Crippen LogP contribution in [-0.2, 0) is 5.60 Å². The number of hydrogen-bond acceptors (Lipinski definition) is 5. The first-order valence-electron chi connectivity index (χ1n) is 10.5. The van der Waals surface area contributed by atoms with E-state index in [4.69, 9.17) is 0 Å². The summed E-state index contributed by atoms with van der Waals surface area (Å²) in [5, 5.41) is 12.6. The molecule has 2 N–H and O–H groups in total. The molecule has 10 heteroatoms. The molecule has 4 rings (SSSR count). The molecular weight excluding hydrogens is 452 g/mol. The number of rotatable bonds is 5. The van der Waals surface area contributed by atoms with Gasteiger partial charge in [-0.2, -0.15) is 0 Å². The van der Waals surface area contributed by atoms with Gasteiger partial charge < -0.3 is 15.3 Å². The summed E-state index contributed by atoms with van der Waals surface area (Å²) in [6, 6.07) is 8.20. The zero-order chi connectivity index (χ0) is 24.7. The zero-order valence-electron chi connectivity index (χ0n) is 18.4. The van der Waals surface area contributed by atoms with Crippen molar-refractivity contribution in [2.75, 3.05) is 23.3 Å². The minimum atomic E-state index is -2.93. The molecule has 0 atom stereocenters. The van der Waals surface area contributed by atoms with E-state index < -0.39 is 35.6 Å². The van der Waals surface area contributed by atoms with Crippen LogP contribution in [0.15, 0.2) is 48.8 Å². The number of anilines is 2. The number of aromatic nitrogens is 2. The van der Waals surface area contributed by atoms with Gasteiger partial charge in [-0.15, -0.1) is 0 Å². The van der Waals surface area contributed by atoms with Crippen LogP contribution in [0, 0.1) is 11.6 Å². The molecule has 3 heterocycles. The van der Waals surface area contributed by atoms with Gasteiger partial charge >= 0.3 is 0 Å². The second kappa shape index (κ2) is 8.68. The molecule has 2 aromatic heterocycles. The van der Waals surface area contributed by atoms with Crippen molar-refractivity contribution >= 4 is 17.4 Å². The van der Waals surface area contributed by atoms with Gasteiger partial charge in [-0.3, -0.25) is 9.78 Å². The van der Waals surface area contributed by atoms with Crippen molar-refractivity contribution in [3.63, 3.8) is 0 Å². The molecule has 0 saturated carbocycles. The summed E-state index contributed by atoms with van der Waals surface area (Å²) in [7, 11) is 0. The summed E-state index contributed by atoms with van der Waals surface area (Å²) in [5.74, 6) is -5.15. The van der Waals surface area contributed by atoms with Gasteiger partial charge in [0.05, 0.1) is 17.8 Å². The maximum atomic E-state index is 14.6. The number of nitrogens with zero attached hydrogens (tertiary/aromatic N) is 3. The molecule has 1 amide bonds. The van der Waals surface area contributed by atoms with E-state index in [0.717, 1.165) is 12.3 Å². The number of alkyl halides is 2. The van der Waals surface area contributed by atoms with E-state index in [9.17, 15) is 27.5 Å². The van der Waals surface area contributed by atoms with Crippen LogP contribution in [0.3, 0.4) is 0 Å². The van der Waals surface area contributed by atoms with Crippen molar-refractivity contribution in [1.29, 1.82) is 0 Å². The van der Waals surface area contributed by atoms with E-state index in [-0.39, 0.29) is 46.9 Å². The van der Waals surface area contributed by atoms with Gasteiger partial charge in [-0.1, -0.05) is 18.2 Å². The van der Waals surface area contributed by atoms with Crippen molar-refractivity contribution < 1.29 is 27.5 Å². The highest BCUT2D eigenvalue weighted by Crippen LogP contribution is 2.39. The summed E-state index contributed by atoms with van der Waals surface area (Å²) in [4.78, 5) is 22.4. The summed E-state index contributed by atoms with van der Waals surface area (Å²) in [5.41, 5.74) is -1.59. The fourth-order valence-corrected chi connectivity index (χ4v) is 3.83. The molecule has 1 saturated heterocycles. The zero-order valence-corrected chi connectivity index (χ0v) is 18.4. The fourth-order valence-electron chi connectivity index (χ4n) is 3.83. The van der Waals surface area contributed by atoms with E-state index in [1.165, 1.54) is 49.2 Å². The predicted octanol–water partition coefficient (Wildman–Crippen LogP) is 4.75. The Labute approximate surface area is 193 Å². The second-order valence-electron chi connectivity index (χ2n) is 8.63. The molecule has 1 aliphatic rings. The number of amides is 1. The Hall–Kier alpha value is -3.53. The molecular formula is C24H22F4N4O2. The van der Waals surface area contributed by atoms with E-state index in [0.29, 0.717) is 0 Å². The summed E-state index contributed by atoms with van der Waals surface area (Å²) in [6.07, 6.45) is 2.05. The summed E-state index contributed by atoms with van der Waals surface area (Å²) in [6.45, 7) is 2.08. The number of pyridine rings is 2. The first kappa shape index (κ1) is 23.6. The van der Waals surface area contributed by atoms with Crippen molar-refractivity contribution in [3.05, 3.63) is 71.7 Å². The highest BCUT2D eigenvalue weighted by atomic mass is 19.3. The van der Waals surface area contributed by atoms with Gasteiger partial charge in [0.2, 0.25) is 0 Å². The lowest BCUT2D eigenvalue weighted by atomic mass is 10.0. The number of carbonyl (C=O) groups excluding carboxylic acids is 1. The minimum Gasteiger partial charge on any atom is -0.384 e. The topological polar surface area (TPSA) is 78.4 Å². The van der Waals surface area contributed by atoms with Gasteiger partial charge in [0.15, 0.2) is 5.82 Å². The molecule has 34 heavy (non-hydrogen) atoms. The Morgan fingerprint density at radius 1 is 1.12 bits per heavy atom. The van der Waals surface area contributed by atoms with Gasteiger partial charge in [0.25, 0.3) is 11.8 Å². The van der Waals surface area contributed by atoms with Crippen LogP contribution in [0.2, 0.25) is 0 Å². The highest BCUT2D eigenvalue weighted by molar-refractivity contribution is 6.08. The van der Waals surface area contributed by atoms with Gasteiger partial charge in [0, 0.05) is 36.5 Å². The van der Waals surface area contributed by atoms with Crippen molar-refractivity contribution in [3.8, 4) is 11.1 Å². The third kappa shape index (κ3) is 4.72. The normalized spacial score (nSPS) is 15.4. The standard InChI is InChI=1S/C24H22F4N4O2/c1-23(2,34)20-18(26)11-14(12-30-20)22(33)31-19-16(15-5-3-4-6-17(15)25)7-9-29-21(19)32-10-8-24(27,28)13-32/h3-7,9,11-12,34H,8,10,13H2,1-2H3,(H,31,33). The van der Waals surface area contributed by atoms with Crippen LogP contribution < -0.4 is 10.2 Å². The minimum absolute atomic E-state index is 0.0138. The van der Waals surface area contributed by atoms with Crippen molar-refractivity contribution in [2.45, 2.75) is 31.8 Å². The Morgan fingerprint density at radius 2 is 1.85 bits per heavy atom. The number of aliphatic hydroxyl groups is 1. The van der Waals surface area contributed by atoms with Crippen LogP contribution in [0.4, 0.5) is 29.1 Å². The van der Waals surface area contributed by atoms with Gasteiger partial charge in [-0.05, 0) is 32.0 Å². The van der Waals surface area contributed by atoms with Crippen LogP contribution in [-0.4, -0.2) is 40.0 Å². The number of carbonyl (C=O) groups is 1. The molecule has 0 spiro atoms. The Bertz CT molecular complexity index is 1240. The van der Waals surface area contributed by atoms with E-state index in [1.54, 1.807) is 6.07 Å². The average Bonchev–Trinajstić information content (AvgIpc) is 3.13. The van der Waals surface area contributed by atoms with Crippen LogP contribution in [0.1, 0.15) is 36.3 Å². The molecule has 1 aliphatic heterocycles. The molecule has 6 nitrogen and oxygen atoms in total. The second-order valence-corrected chi connectivity index (χ2v) is 8.63. The molecule has 0 bridgehead atoms. The highest BCUT2D eigenvalue weighted by Gasteiger charge is 2.40. The van der Waals surface area contributed by atoms with Gasteiger partial charge in [0.1, 0.15) is 22.9 Å². The van der Waals surface area contributed by atoms with E-state index >= 15 is 0 Å². The predicted molar refractivity (Wildman–Crippen MR) is 119 cm³/mol. The Kier molecular flexibility index (Phi) is 6.03. The maximum Gasteiger partial charge on any atom is 0.266 e. The smallest absolute Gasteiger partial charge is 0.266 e. The molecule has 1 fully saturated rings. The Balaban J connectivity index is 1.77. The quantitative estimate of drug-likeness (QED) is 0.522. The monoisotopic (exact) mass is 474 g/mol. The van der Waals surface area contributed by atoms with Crippen LogP contribution in [0.5, 0.6) is 0 Å². The first-order valence-corrected chi connectivity index (χ1v) is 10.5. The molecule has 0 radical (unpaired) electrons. The molecule has 0 aliphatic carbocycles. The first-order chi connectivity index (χ1) is 16.0. The largest absolute Gasteiger partial charge is 0.384 e. The lowest BCUT2D eigenvalue weighted by Gasteiger charge is -2.23. The number of halogens is 4. The number of hydrogen-bond donors (Lipinski definition) is 2. The molecule has 1 aromatic carbocycles. The van der Waals surface area contributed by atoms with Crippen LogP contribution in [0.25, 0.3) is 11.1 Å². The molecule has 178 valence electrons. The third-order valence-corrected chi connectivity index (χ3v) is 5.49. The third-order valence-electron chi connectivity index (χ3n) is 5.49. The van der Waals surface area contributed by atoms with Crippen molar-refractivity contribution in [1.82, 2.24) is 9.97 Å². The average molecular weight is 474 g/mol. The van der Waals surface area contributed by atoms with E-state index in [2.05, 4.69) is 15.3 Å². The molecule has 0 unspecified atom stereocenters. The molecule has 3 aromatic rings. The van der Waals surface area contributed by atoms with E-state index in [1.807, 2.05) is 0 Å². The lowest BCUT2D eigenvalue weighted by molar-refractivity contribution is 0.0256. The van der Waals surface area contributed by atoms with Crippen molar-refractivity contribution in [2.24, 2.45) is 0 Å². The lowest BCUT2D eigenvalue weighted by Crippen LogP contribution is -2.27. The van der Waals surface area contributed by atoms with Crippen LogP contribution >= 0.6 is 0 Å². The summed E-state index contributed by atoms with van der Waals surface area (Å²) < 4.78 is 56.9. The van der Waals surface area contributed by atoms with Gasteiger partial charge in [-0.25, -0.2) is 22.5 Å². The number of nitrogens with one attached hydrogen (secondary N) is 1. The maximum absolute atomic E-state index is 14.6.